The summed E-state index contributed by atoms with van der Waals surface area (Å²) in [7, 11) is 1.62. The van der Waals surface area contributed by atoms with Gasteiger partial charge in [-0.05, 0) is 41.8 Å². The van der Waals surface area contributed by atoms with E-state index in [0.29, 0.717) is 13.0 Å². The minimum absolute atomic E-state index is 0.355. The second kappa shape index (κ2) is 6.11. The van der Waals surface area contributed by atoms with Gasteiger partial charge in [-0.15, -0.1) is 0 Å². The molecule has 5 nitrogen and oxygen atoms in total. The van der Waals surface area contributed by atoms with E-state index in [9.17, 15) is 9.90 Å². The summed E-state index contributed by atoms with van der Waals surface area (Å²) < 4.78 is 6.25. The van der Waals surface area contributed by atoms with Gasteiger partial charge in [-0.25, -0.2) is 4.79 Å². The van der Waals surface area contributed by atoms with Crippen molar-refractivity contribution in [1.82, 2.24) is 9.88 Å². The van der Waals surface area contributed by atoms with Crippen molar-refractivity contribution >= 4 is 32.9 Å². The number of aromatic nitrogens is 1. The average molecular weight is 401 g/mol. The van der Waals surface area contributed by atoms with Gasteiger partial charge in [0.2, 0.25) is 0 Å². The highest BCUT2D eigenvalue weighted by Crippen LogP contribution is 2.40. The molecule has 0 aliphatic carbocycles. The highest BCUT2D eigenvalue weighted by Gasteiger charge is 2.34. The number of hydrogen-bond donors (Lipinski definition) is 2. The fourth-order valence-electron chi connectivity index (χ4n) is 3.64. The summed E-state index contributed by atoms with van der Waals surface area (Å²) in [6.45, 7) is 0.466. The number of ether oxygens (including phenoxy) is 1. The smallest absolute Gasteiger partial charge is 0.408 e. The number of carbonyl (C=O) groups is 1. The topological polar surface area (TPSA) is 65.6 Å². The number of H-pyrrole nitrogens is 1. The molecule has 1 amide bonds. The number of nitrogens with zero attached hydrogens (tertiary/aromatic N) is 1. The molecule has 1 aliphatic rings. The van der Waals surface area contributed by atoms with E-state index in [2.05, 4.69) is 20.9 Å². The lowest BCUT2D eigenvalue weighted by atomic mass is 9.92. The molecule has 0 radical (unpaired) electrons. The number of benzene rings is 2. The number of carboxylic acid groups (broad SMARTS) is 1. The number of rotatable bonds is 2. The molecule has 1 unspecified atom stereocenters. The molecule has 128 valence electrons. The molecule has 0 saturated heterocycles. The van der Waals surface area contributed by atoms with Crippen molar-refractivity contribution < 1.29 is 14.6 Å². The molecule has 1 aromatic heterocycles. The molecule has 1 atom stereocenters. The molecule has 3 aromatic rings. The fourth-order valence-corrected chi connectivity index (χ4v) is 4.24. The number of methoxy groups -OCH3 is 1. The van der Waals surface area contributed by atoms with Crippen LogP contribution in [0.3, 0.4) is 0 Å². The summed E-state index contributed by atoms with van der Waals surface area (Å²) in [5, 5.41) is 10.8. The lowest BCUT2D eigenvalue weighted by Crippen LogP contribution is -2.39. The van der Waals surface area contributed by atoms with E-state index in [-0.39, 0.29) is 6.04 Å². The number of aromatic amines is 1. The Kier molecular flexibility index (Phi) is 3.92. The van der Waals surface area contributed by atoms with Crippen LogP contribution in [-0.4, -0.2) is 34.7 Å². The zero-order valence-electron chi connectivity index (χ0n) is 13.6. The minimum atomic E-state index is -0.913. The quantitative estimate of drug-likeness (QED) is 0.662. The van der Waals surface area contributed by atoms with E-state index in [4.69, 9.17) is 4.74 Å². The highest BCUT2D eigenvalue weighted by molar-refractivity contribution is 9.10. The number of halogens is 1. The summed E-state index contributed by atoms with van der Waals surface area (Å²) in [5.41, 5.74) is 4.07. The largest absolute Gasteiger partial charge is 0.497 e. The standard InChI is InChI=1S/C19H17BrN2O3/c1-25-12-7-5-11(6-8-12)18-17-13(9-10-22(18)19(23)24)16-14(20)3-2-4-15(16)21-17/h2-8,18,21H,9-10H2,1H3,(H,23,24). The van der Waals surface area contributed by atoms with Crippen LogP contribution in [0.4, 0.5) is 4.79 Å². The first kappa shape index (κ1) is 16.0. The molecule has 2 heterocycles. The van der Waals surface area contributed by atoms with E-state index in [1.165, 1.54) is 10.5 Å². The summed E-state index contributed by atoms with van der Waals surface area (Å²) in [4.78, 5) is 16.8. The Hall–Kier alpha value is -2.47. The highest BCUT2D eigenvalue weighted by atomic mass is 79.9. The Balaban J connectivity index is 1.91. The zero-order valence-corrected chi connectivity index (χ0v) is 15.2. The number of nitrogens with one attached hydrogen (secondary N) is 1. The van der Waals surface area contributed by atoms with Crippen molar-refractivity contribution in [2.24, 2.45) is 0 Å². The average Bonchev–Trinajstić information content (AvgIpc) is 3.00. The Morgan fingerprint density at radius 2 is 2.04 bits per heavy atom. The van der Waals surface area contributed by atoms with Crippen molar-refractivity contribution in [3.63, 3.8) is 0 Å². The van der Waals surface area contributed by atoms with Crippen LogP contribution in [0, 0.1) is 0 Å². The van der Waals surface area contributed by atoms with Crippen molar-refractivity contribution in [2.75, 3.05) is 13.7 Å². The van der Waals surface area contributed by atoms with Gasteiger partial charge in [0, 0.05) is 27.6 Å². The Bertz CT molecular complexity index is 949. The molecule has 1 aliphatic heterocycles. The molecular formula is C19H17BrN2O3. The summed E-state index contributed by atoms with van der Waals surface area (Å²) in [6.07, 6.45) is -0.221. The lowest BCUT2D eigenvalue weighted by Gasteiger charge is -2.34. The van der Waals surface area contributed by atoms with Crippen molar-refractivity contribution in [3.05, 3.63) is 63.8 Å². The van der Waals surface area contributed by atoms with E-state index in [1.807, 2.05) is 42.5 Å². The minimum Gasteiger partial charge on any atom is -0.497 e. The molecule has 2 N–H and O–H groups in total. The van der Waals surface area contributed by atoms with E-state index in [0.717, 1.165) is 32.4 Å². The molecule has 4 rings (SSSR count). The van der Waals surface area contributed by atoms with Crippen molar-refractivity contribution in [3.8, 4) is 5.75 Å². The number of amides is 1. The van der Waals surface area contributed by atoms with Gasteiger partial charge in [-0.2, -0.15) is 0 Å². The maximum atomic E-state index is 11.8. The van der Waals surface area contributed by atoms with E-state index >= 15 is 0 Å². The molecule has 6 heteroatoms. The second-order valence-corrected chi connectivity index (χ2v) is 6.94. The Morgan fingerprint density at radius 3 is 2.72 bits per heavy atom. The van der Waals surface area contributed by atoms with Gasteiger partial charge in [-0.1, -0.05) is 34.1 Å². The number of hydrogen-bond acceptors (Lipinski definition) is 2. The molecule has 0 bridgehead atoms. The second-order valence-electron chi connectivity index (χ2n) is 6.08. The SMILES string of the molecule is COc1ccc(C2c3[nH]c4cccc(Br)c4c3CCN2C(=O)O)cc1. The van der Waals surface area contributed by atoms with Crippen LogP contribution in [0.5, 0.6) is 5.75 Å². The van der Waals surface area contributed by atoms with E-state index < -0.39 is 6.09 Å². The predicted octanol–water partition coefficient (Wildman–Crippen LogP) is 4.56. The van der Waals surface area contributed by atoms with Crippen LogP contribution in [0.2, 0.25) is 0 Å². The van der Waals surface area contributed by atoms with Gasteiger partial charge in [0.15, 0.2) is 0 Å². The van der Waals surface area contributed by atoms with Gasteiger partial charge in [-0.3, -0.25) is 4.90 Å². The first-order valence-electron chi connectivity index (χ1n) is 8.02. The van der Waals surface area contributed by atoms with Crippen LogP contribution >= 0.6 is 15.9 Å². The van der Waals surface area contributed by atoms with E-state index in [1.54, 1.807) is 7.11 Å². The van der Waals surface area contributed by atoms with Gasteiger partial charge >= 0.3 is 6.09 Å². The maximum absolute atomic E-state index is 11.8. The van der Waals surface area contributed by atoms with Gasteiger partial charge < -0.3 is 14.8 Å². The Labute approximate surface area is 153 Å². The first-order chi connectivity index (χ1) is 12.1. The summed E-state index contributed by atoms with van der Waals surface area (Å²) in [6, 6.07) is 13.2. The third kappa shape index (κ3) is 2.57. The van der Waals surface area contributed by atoms with Crippen LogP contribution in [0.25, 0.3) is 10.9 Å². The first-order valence-corrected chi connectivity index (χ1v) is 8.82. The molecule has 25 heavy (non-hydrogen) atoms. The normalized spacial score (nSPS) is 16.7. The van der Waals surface area contributed by atoms with Crippen LogP contribution in [0.1, 0.15) is 22.9 Å². The zero-order chi connectivity index (χ0) is 17.6. The van der Waals surface area contributed by atoms with Crippen molar-refractivity contribution in [1.29, 1.82) is 0 Å². The van der Waals surface area contributed by atoms with Crippen LogP contribution < -0.4 is 4.74 Å². The maximum Gasteiger partial charge on any atom is 0.408 e. The summed E-state index contributed by atoms with van der Waals surface area (Å²) >= 11 is 3.63. The molecule has 0 fully saturated rings. The Morgan fingerprint density at radius 1 is 1.28 bits per heavy atom. The van der Waals surface area contributed by atoms with Gasteiger partial charge in [0.25, 0.3) is 0 Å². The monoisotopic (exact) mass is 400 g/mol. The fraction of sp³-hybridized carbons (Fsp3) is 0.211. The molecule has 0 spiro atoms. The summed E-state index contributed by atoms with van der Waals surface area (Å²) in [5.74, 6) is 0.751. The van der Waals surface area contributed by atoms with Crippen molar-refractivity contribution in [2.45, 2.75) is 12.5 Å². The van der Waals surface area contributed by atoms with Gasteiger partial charge in [0.1, 0.15) is 11.8 Å². The predicted molar refractivity (Wildman–Crippen MR) is 99.3 cm³/mol. The number of fused-ring (bicyclic) bond motifs is 3. The van der Waals surface area contributed by atoms with Crippen LogP contribution in [-0.2, 0) is 6.42 Å². The lowest BCUT2D eigenvalue weighted by molar-refractivity contribution is 0.128. The molecule has 0 saturated carbocycles. The van der Waals surface area contributed by atoms with Gasteiger partial charge in [0.05, 0.1) is 7.11 Å². The third-order valence-corrected chi connectivity index (χ3v) is 5.44. The molecular weight excluding hydrogens is 384 g/mol. The third-order valence-electron chi connectivity index (χ3n) is 4.77. The molecule has 2 aromatic carbocycles. The van der Waals surface area contributed by atoms with Crippen LogP contribution in [0.15, 0.2) is 46.9 Å².